The summed E-state index contributed by atoms with van der Waals surface area (Å²) in [6.07, 6.45) is 2.09. The van der Waals surface area contributed by atoms with Gasteiger partial charge in [-0.05, 0) is 55.4 Å². The smallest absolute Gasteiger partial charge is 0.122 e. The van der Waals surface area contributed by atoms with Crippen LogP contribution >= 0.6 is 28.6 Å². The average molecular weight is 304 g/mol. The normalized spacial score (nSPS) is 10.4. The number of ether oxygens (including phenoxy) is 1. The lowest BCUT2D eigenvalue weighted by Crippen LogP contribution is -2.19. The minimum Gasteiger partial charge on any atom is -0.496 e. The Kier molecular flexibility index (Phi) is 6.92. The van der Waals surface area contributed by atoms with Crippen molar-refractivity contribution in [3.05, 3.63) is 28.2 Å². The van der Waals surface area contributed by atoms with Gasteiger partial charge in [0.15, 0.2) is 0 Å². The fourth-order valence-electron chi connectivity index (χ4n) is 1.49. The van der Waals surface area contributed by atoms with E-state index in [1.165, 1.54) is 5.56 Å². The second-order valence-electron chi connectivity index (χ2n) is 3.53. The van der Waals surface area contributed by atoms with Gasteiger partial charge in [-0.15, -0.1) is 0 Å². The predicted molar refractivity (Wildman–Crippen MR) is 75.7 cm³/mol. The summed E-state index contributed by atoms with van der Waals surface area (Å²) in [7, 11) is 1.71. The monoisotopic (exact) mass is 303 g/mol. The first-order valence-electron chi connectivity index (χ1n) is 5.42. The van der Waals surface area contributed by atoms with Crippen LogP contribution in [0.25, 0.3) is 0 Å². The van der Waals surface area contributed by atoms with Crippen molar-refractivity contribution in [3.8, 4) is 5.75 Å². The Hall–Kier alpha value is -0.190. The molecule has 0 saturated carbocycles. The Morgan fingerprint density at radius 3 is 2.88 bits per heavy atom. The van der Waals surface area contributed by atoms with Crippen LogP contribution in [0, 0.1) is 0 Å². The van der Waals surface area contributed by atoms with Gasteiger partial charge in [-0.25, -0.2) is 0 Å². The molecule has 1 N–H and O–H groups in total. The fourth-order valence-corrected chi connectivity index (χ4v) is 2.06. The van der Waals surface area contributed by atoms with Gasteiger partial charge in [0.25, 0.3) is 0 Å². The van der Waals surface area contributed by atoms with Crippen molar-refractivity contribution < 1.29 is 4.74 Å². The zero-order valence-electron chi connectivity index (χ0n) is 9.50. The van der Waals surface area contributed by atoms with E-state index in [9.17, 15) is 0 Å². The van der Waals surface area contributed by atoms with Crippen molar-refractivity contribution in [1.82, 2.24) is 5.32 Å². The minimum absolute atomic E-state index is 0.938. The van der Waals surface area contributed by atoms with E-state index in [2.05, 4.69) is 39.9 Å². The van der Waals surface area contributed by atoms with Gasteiger partial charge in [-0.1, -0.05) is 15.9 Å². The largest absolute Gasteiger partial charge is 0.496 e. The van der Waals surface area contributed by atoms with E-state index in [-0.39, 0.29) is 0 Å². The van der Waals surface area contributed by atoms with Crippen LogP contribution in [-0.4, -0.2) is 26.0 Å². The first kappa shape index (κ1) is 13.9. The quantitative estimate of drug-likeness (QED) is 0.597. The molecule has 0 aliphatic carbocycles. The number of thiol groups is 1. The summed E-state index contributed by atoms with van der Waals surface area (Å²) in [6.45, 7) is 2.00. The summed E-state index contributed by atoms with van der Waals surface area (Å²) in [5.74, 6) is 1.90. The Morgan fingerprint density at radius 1 is 1.38 bits per heavy atom. The molecule has 0 aromatic heterocycles. The molecule has 0 spiro atoms. The van der Waals surface area contributed by atoms with Crippen LogP contribution in [-0.2, 0) is 6.42 Å². The summed E-state index contributed by atoms with van der Waals surface area (Å²) < 4.78 is 6.41. The van der Waals surface area contributed by atoms with Gasteiger partial charge in [-0.3, -0.25) is 0 Å². The SMILES string of the molecule is COc1ccc(Br)cc1CCNCCCS. The van der Waals surface area contributed by atoms with Gasteiger partial charge < -0.3 is 10.1 Å². The van der Waals surface area contributed by atoms with Crippen LogP contribution < -0.4 is 10.1 Å². The van der Waals surface area contributed by atoms with Gasteiger partial charge in [0, 0.05) is 4.47 Å². The second kappa shape index (κ2) is 7.98. The highest BCUT2D eigenvalue weighted by Gasteiger charge is 2.02. The van der Waals surface area contributed by atoms with Crippen LogP contribution in [0.1, 0.15) is 12.0 Å². The van der Waals surface area contributed by atoms with Crippen molar-refractivity contribution in [3.63, 3.8) is 0 Å². The summed E-state index contributed by atoms with van der Waals surface area (Å²) >= 11 is 7.64. The number of benzene rings is 1. The van der Waals surface area contributed by atoms with Crippen LogP contribution in [0.3, 0.4) is 0 Å². The maximum absolute atomic E-state index is 5.32. The first-order chi connectivity index (χ1) is 7.77. The van der Waals surface area contributed by atoms with Gasteiger partial charge in [0.1, 0.15) is 5.75 Å². The molecule has 0 atom stereocenters. The van der Waals surface area contributed by atoms with E-state index < -0.39 is 0 Å². The molecule has 1 aromatic carbocycles. The Labute approximate surface area is 111 Å². The fraction of sp³-hybridized carbons (Fsp3) is 0.500. The molecule has 0 heterocycles. The molecule has 0 radical (unpaired) electrons. The van der Waals surface area contributed by atoms with Crippen LogP contribution in [0.4, 0.5) is 0 Å². The predicted octanol–water partition coefficient (Wildman–Crippen LogP) is 2.91. The number of methoxy groups -OCH3 is 1. The molecule has 0 unspecified atom stereocenters. The first-order valence-corrected chi connectivity index (χ1v) is 6.84. The molecule has 0 saturated heterocycles. The molecule has 1 rings (SSSR count). The number of hydrogen-bond acceptors (Lipinski definition) is 3. The molecule has 0 amide bonds. The van der Waals surface area contributed by atoms with Crippen LogP contribution in [0.2, 0.25) is 0 Å². The van der Waals surface area contributed by atoms with Crippen molar-refractivity contribution >= 4 is 28.6 Å². The van der Waals surface area contributed by atoms with Gasteiger partial charge >= 0.3 is 0 Å². The molecular weight excluding hydrogens is 286 g/mol. The van der Waals surface area contributed by atoms with Gasteiger partial charge in [-0.2, -0.15) is 12.6 Å². The summed E-state index contributed by atoms with van der Waals surface area (Å²) in [4.78, 5) is 0. The van der Waals surface area contributed by atoms with Crippen LogP contribution in [0.5, 0.6) is 5.75 Å². The third kappa shape index (κ3) is 4.76. The highest BCUT2D eigenvalue weighted by Crippen LogP contribution is 2.22. The third-order valence-corrected chi connectivity index (χ3v) is 3.13. The number of hydrogen-bond donors (Lipinski definition) is 2. The average Bonchev–Trinajstić information content (AvgIpc) is 2.29. The molecule has 2 nitrogen and oxygen atoms in total. The maximum atomic E-state index is 5.32. The highest BCUT2D eigenvalue weighted by molar-refractivity contribution is 9.10. The number of halogens is 1. The van der Waals surface area contributed by atoms with Crippen molar-refractivity contribution in [1.29, 1.82) is 0 Å². The van der Waals surface area contributed by atoms with E-state index in [0.717, 1.165) is 41.9 Å². The summed E-state index contributed by atoms with van der Waals surface area (Å²) in [5, 5.41) is 3.39. The zero-order chi connectivity index (χ0) is 11.8. The molecule has 0 aliphatic rings. The van der Waals surface area contributed by atoms with Crippen molar-refractivity contribution in [2.45, 2.75) is 12.8 Å². The summed E-state index contributed by atoms with van der Waals surface area (Å²) in [5.41, 5.74) is 1.23. The van der Waals surface area contributed by atoms with Crippen molar-refractivity contribution in [2.75, 3.05) is 26.0 Å². The minimum atomic E-state index is 0.938. The van der Waals surface area contributed by atoms with Crippen molar-refractivity contribution in [2.24, 2.45) is 0 Å². The molecular formula is C12H18BrNOS. The van der Waals surface area contributed by atoms with Crippen LogP contribution in [0.15, 0.2) is 22.7 Å². The van der Waals surface area contributed by atoms with Gasteiger partial charge in [0.2, 0.25) is 0 Å². The van der Waals surface area contributed by atoms with E-state index in [4.69, 9.17) is 4.74 Å². The molecule has 4 heteroatoms. The molecule has 90 valence electrons. The van der Waals surface area contributed by atoms with E-state index in [1.54, 1.807) is 7.11 Å². The molecule has 0 aliphatic heterocycles. The van der Waals surface area contributed by atoms with E-state index in [1.807, 2.05) is 12.1 Å². The lowest BCUT2D eigenvalue weighted by molar-refractivity contribution is 0.409. The second-order valence-corrected chi connectivity index (χ2v) is 4.90. The zero-order valence-corrected chi connectivity index (χ0v) is 12.0. The number of rotatable bonds is 7. The lowest BCUT2D eigenvalue weighted by Gasteiger charge is -2.09. The topological polar surface area (TPSA) is 21.3 Å². The third-order valence-electron chi connectivity index (χ3n) is 2.33. The van der Waals surface area contributed by atoms with Gasteiger partial charge in [0.05, 0.1) is 7.11 Å². The Balaban J connectivity index is 2.42. The Bertz CT molecular complexity index is 320. The van der Waals surface area contributed by atoms with E-state index >= 15 is 0 Å². The number of nitrogens with one attached hydrogen (secondary N) is 1. The molecule has 16 heavy (non-hydrogen) atoms. The highest BCUT2D eigenvalue weighted by atomic mass is 79.9. The van der Waals surface area contributed by atoms with E-state index in [0.29, 0.717) is 0 Å². The molecule has 1 aromatic rings. The standard InChI is InChI=1S/C12H18BrNOS/c1-15-12-4-3-11(13)9-10(12)5-7-14-6-2-8-16/h3-4,9,14,16H,2,5-8H2,1H3. The maximum Gasteiger partial charge on any atom is 0.122 e. The summed E-state index contributed by atoms with van der Waals surface area (Å²) in [6, 6.07) is 6.10. The lowest BCUT2D eigenvalue weighted by atomic mass is 10.1. The molecule has 0 bridgehead atoms. The Morgan fingerprint density at radius 2 is 2.19 bits per heavy atom. The molecule has 0 fully saturated rings.